The lowest BCUT2D eigenvalue weighted by atomic mass is 9.91. The summed E-state index contributed by atoms with van der Waals surface area (Å²) in [5.41, 5.74) is 2.21. The molecular weight excluding hydrogens is 314 g/mol. The van der Waals surface area contributed by atoms with Gasteiger partial charge in [0.05, 0.1) is 26.1 Å². The van der Waals surface area contributed by atoms with Gasteiger partial charge in [0.1, 0.15) is 5.75 Å². The zero-order chi connectivity index (χ0) is 17.6. The Morgan fingerprint density at radius 3 is 2.84 bits per heavy atom. The molecule has 0 amide bonds. The van der Waals surface area contributed by atoms with Crippen LogP contribution in [0.3, 0.4) is 0 Å². The molecule has 0 spiro atoms. The van der Waals surface area contributed by atoms with Crippen LogP contribution in [0.4, 0.5) is 5.82 Å². The first-order valence-electron chi connectivity index (χ1n) is 8.95. The minimum absolute atomic E-state index is 0.621. The van der Waals surface area contributed by atoms with Crippen LogP contribution in [0.25, 0.3) is 0 Å². The van der Waals surface area contributed by atoms with Gasteiger partial charge in [-0.1, -0.05) is 18.2 Å². The summed E-state index contributed by atoms with van der Waals surface area (Å²) in [5.74, 6) is 3.13. The van der Waals surface area contributed by atoms with E-state index in [1.165, 1.54) is 18.4 Å². The van der Waals surface area contributed by atoms with Crippen LogP contribution in [-0.2, 0) is 6.42 Å². The normalized spacial score (nSPS) is 17.4. The molecule has 1 fully saturated rings. The minimum atomic E-state index is 0.621. The number of methoxy groups -OCH3 is 2. The van der Waals surface area contributed by atoms with Gasteiger partial charge in [-0.2, -0.15) is 0 Å². The van der Waals surface area contributed by atoms with Gasteiger partial charge in [-0.25, -0.2) is 9.97 Å². The molecule has 5 nitrogen and oxygen atoms in total. The zero-order valence-electron chi connectivity index (χ0n) is 15.4. The second-order valence-electron chi connectivity index (χ2n) is 6.65. The fraction of sp³-hybridized carbons (Fsp3) is 0.500. The highest BCUT2D eigenvalue weighted by Gasteiger charge is 2.24. The van der Waals surface area contributed by atoms with Gasteiger partial charge >= 0.3 is 0 Å². The number of hydrogen-bond acceptors (Lipinski definition) is 5. The van der Waals surface area contributed by atoms with Crippen LogP contribution in [0.2, 0.25) is 0 Å². The topological polar surface area (TPSA) is 47.5 Å². The van der Waals surface area contributed by atoms with E-state index in [1.54, 1.807) is 20.4 Å². The number of hydrogen-bond donors (Lipinski definition) is 0. The molecule has 0 radical (unpaired) electrons. The third kappa shape index (κ3) is 4.21. The first-order valence-corrected chi connectivity index (χ1v) is 8.95. The Labute approximate surface area is 150 Å². The van der Waals surface area contributed by atoms with Crippen LogP contribution in [0.1, 0.15) is 30.5 Å². The molecule has 0 bridgehead atoms. The highest BCUT2D eigenvalue weighted by Crippen LogP contribution is 2.30. The van der Waals surface area contributed by atoms with Crippen molar-refractivity contribution in [1.29, 1.82) is 0 Å². The third-order valence-electron chi connectivity index (χ3n) is 4.87. The van der Waals surface area contributed by atoms with Crippen molar-refractivity contribution >= 4 is 5.82 Å². The van der Waals surface area contributed by atoms with Crippen molar-refractivity contribution in [3.8, 4) is 11.6 Å². The summed E-state index contributed by atoms with van der Waals surface area (Å²) >= 11 is 0. The number of piperidine rings is 1. The molecule has 1 aromatic carbocycles. The van der Waals surface area contributed by atoms with Gasteiger partial charge in [0.25, 0.3) is 5.88 Å². The van der Waals surface area contributed by atoms with Crippen molar-refractivity contribution in [2.24, 2.45) is 5.92 Å². The standard InChI is InChI=1S/C20H27N3O2/c1-15-13-21-20(25-3)19(22-15)23-12-6-7-16(14-23)10-11-17-8-4-5-9-18(17)24-2/h4-5,8-9,13,16H,6-7,10-12,14H2,1-3H3. The van der Waals surface area contributed by atoms with Crippen LogP contribution in [-0.4, -0.2) is 37.3 Å². The van der Waals surface area contributed by atoms with E-state index in [4.69, 9.17) is 9.47 Å². The lowest BCUT2D eigenvalue weighted by Gasteiger charge is -2.34. The summed E-state index contributed by atoms with van der Waals surface area (Å²) in [4.78, 5) is 11.4. The highest BCUT2D eigenvalue weighted by atomic mass is 16.5. The average Bonchev–Trinajstić information content (AvgIpc) is 2.66. The number of aromatic nitrogens is 2. The van der Waals surface area contributed by atoms with Crippen LogP contribution >= 0.6 is 0 Å². The van der Waals surface area contributed by atoms with Crippen LogP contribution < -0.4 is 14.4 Å². The Morgan fingerprint density at radius 1 is 1.20 bits per heavy atom. The molecule has 2 aromatic rings. The monoisotopic (exact) mass is 341 g/mol. The molecule has 1 saturated heterocycles. The predicted molar refractivity (Wildman–Crippen MR) is 99.6 cm³/mol. The third-order valence-corrected chi connectivity index (χ3v) is 4.87. The van der Waals surface area contributed by atoms with Gasteiger partial charge in [0.15, 0.2) is 5.82 Å². The van der Waals surface area contributed by atoms with E-state index in [2.05, 4.69) is 27.0 Å². The molecule has 0 N–H and O–H groups in total. The van der Waals surface area contributed by atoms with E-state index in [1.807, 2.05) is 19.1 Å². The molecule has 1 atom stereocenters. The smallest absolute Gasteiger partial charge is 0.257 e. The molecule has 0 aliphatic carbocycles. The second kappa shape index (κ2) is 8.19. The summed E-state index contributed by atoms with van der Waals surface area (Å²) in [7, 11) is 3.40. The average molecular weight is 341 g/mol. The Balaban J connectivity index is 1.66. The first-order chi connectivity index (χ1) is 12.2. The lowest BCUT2D eigenvalue weighted by Crippen LogP contribution is -2.36. The highest BCUT2D eigenvalue weighted by molar-refractivity contribution is 5.49. The molecule has 1 unspecified atom stereocenters. The summed E-state index contributed by atoms with van der Waals surface area (Å²) in [6.07, 6.45) is 6.38. The number of rotatable bonds is 6. The van der Waals surface area contributed by atoms with Gasteiger partial charge in [0.2, 0.25) is 0 Å². The lowest BCUT2D eigenvalue weighted by molar-refractivity contribution is 0.368. The van der Waals surface area contributed by atoms with Gasteiger partial charge in [0, 0.05) is 13.1 Å². The van der Waals surface area contributed by atoms with E-state index in [0.29, 0.717) is 11.8 Å². The molecule has 134 valence electrons. The van der Waals surface area contributed by atoms with E-state index in [0.717, 1.165) is 43.2 Å². The minimum Gasteiger partial charge on any atom is -0.496 e. The quantitative estimate of drug-likeness (QED) is 0.802. The SMILES string of the molecule is COc1ccccc1CCC1CCCN(c2nc(C)cnc2OC)C1. The van der Waals surface area contributed by atoms with Crippen molar-refractivity contribution in [3.05, 3.63) is 41.7 Å². The van der Waals surface area contributed by atoms with Crippen molar-refractivity contribution in [1.82, 2.24) is 9.97 Å². The summed E-state index contributed by atoms with van der Waals surface area (Å²) in [5, 5.41) is 0. The Morgan fingerprint density at radius 2 is 2.04 bits per heavy atom. The van der Waals surface area contributed by atoms with Crippen LogP contribution in [0, 0.1) is 12.8 Å². The molecule has 5 heteroatoms. The maximum Gasteiger partial charge on any atom is 0.257 e. The largest absolute Gasteiger partial charge is 0.496 e. The number of aryl methyl sites for hydroxylation is 2. The maximum absolute atomic E-state index is 5.47. The zero-order valence-corrected chi connectivity index (χ0v) is 15.4. The number of nitrogens with zero attached hydrogens (tertiary/aromatic N) is 3. The van der Waals surface area contributed by atoms with Crippen LogP contribution in [0.5, 0.6) is 11.6 Å². The predicted octanol–water partition coefficient (Wildman–Crippen LogP) is 3.65. The molecule has 0 saturated carbocycles. The number of benzene rings is 1. The molecule has 1 aromatic heterocycles. The Hall–Kier alpha value is -2.30. The van der Waals surface area contributed by atoms with Crippen molar-refractivity contribution in [2.75, 3.05) is 32.2 Å². The van der Waals surface area contributed by atoms with E-state index in [9.17, 15) is 0 Å². The Bertz CT molecular complexity index is 705. The first kappa shape index (κ1) is 17.5. The summed E-state index contributed by atoms with van der Waals surface area (Å²) in [6, 6.07) is 8.30. The van der Waals surface area contributed by atoms with Gasteiger partial charge in [-0.3, -0.25) is 0 Å². The number of para-hydroxylation sites is 1. The van der Waals surface area contributed by atoms with E-state index < -0.39 is 0 Å². The second-order valence-corrected chi connectivity index (χ2v) is 6.65. The van der Waals surface area contributed by atoms with Crippen molar-refractivity contribution in [2.45, 2.75) is 32.6 Å². The number of anilines is 1. The summed E-state index contributed by atoms with van der Waals surface area (Å²) in [6.45, 7) is 3.99. The van der Waals surface area contributed by atoms with Gasteiger partial charge in [-0.05, 0) is 50.2 Å². The molecule has 1 aliphatic heterocycles. The van der Waals surface area contributed by atoms with Gasteiger partial charge < -0.3 is 14.4 Å². The fourth-order valence-corrected chi connectivity index (χ4v) is 3.57. The molecule has 3 rings (SSSR count). The molecular formula is C20H27N3O2. The van der Waals surface area contributed by atoms with Crippen LogP contribution in [0.15, 0.2) is 30.5 Å². The van der Waals surface area contributed by atoms with Crippen molar-refractivity contribution in [3.63, 3.8) is 0 Å². The fourth-order valence-electron chi connectivity index (χ4n) is 3.57. The van der Waals surface area contributed by atoms with E-state index >= 15 is 0 Å². The molecule has 1 aliphatic rings. The molecule has 25 heavy (non-hydrogen) atoms. The summed E-state index contributed by atoms with van der Waals surface area (Å²) < 4.78 is 10.9. The number of ether oxygens (including phenoxy) is 2. The van der Waals surface area contributed by atoms with Gasteiger partial charge in [-0.15, -0.1) is 0 Å². The Kier molecular flexibility index (Phi) is 5.74. The maximum atomic E-state index is 5.47. The molecule has 2 heterocycles. The van der Waals surface area contributed by atoms with E-state index in [-0.39, 0.29) is 0 Å². The van der Waals surface area contributed by atoms with Crippen molar-refractivity contribution < 1.29 is 9.47 Å².